The highest BCUT2D eigenvalue weighted by molar-refractivity contribution is 5.40. The molecule has 0 saturated carbocycles. The lowest BCUT2D eigenvalue weighted by atomic mass is 10.1. The summed E-state index contributed by atoms with van der Waals surface area (Å²) in [6.45, 7) is 2.29. The van der Waals surface area contributed by atoms with E-state index < -0.39 is 0 Å². The van der Waals surface area contributed by atoms with Crippen molar-refractivity contribution in [2.75, 3.05) is 13.7 Å². The molecule has 1 aliphatic rings. The highest BCUT2D eigenvalue weighted by Crippen LogP contribution is 2.34. The summed E-state index contributed by atoms with van der Waals surface area (Å²) >= 11 is 0. The molecule has 0 saturated heterocycles. The van der Waals surface area contributed by atoms with Crippen LogP contribution in [0, 0.1) is 0 Å². The Balaban J connectivity index is 2.14. The third-order valence-electron chi connectivity index (χ3n) is 3.58. The molecule has 0 fully saturated rings. The van der Waals surface area contributed by atoms with Gasteiger partial charge in [-0.15, -0.1) is 0 Å². The second-order valence-electron chi connectivity index (χ2n) is 4.61. The molecule has 1 aliphatic carbocycles. The van der Waals surface area contributed by atoms with Crippen LogP contribution in [0.1, 0.15) is 36.9 Å². The van der Waals surface area contributed by atoms with E-state index in [9.17, 15) is 5.11 Å². The van der Waals surface area contributed by atoms with Crippen LogP contribution in [0.5, 0.6) is 5.75 Å². The van der Waals surface area contributed by atoms with Crippen LogP contribution in [0.4, 0.5) is 0 Å². The van der Waals surface area contributed by atoms with Gasteiger partial charge in [0.05, 0.1) is 13.7 Å². The number of methoxy groups -OCH3 is 1. The normalized spacial score (nSPS) is 20.1. The van der Waals surface area contributed by atoms with E-state index in [0.717, 1.165) is 25.0 Å². The van der Waals surface area contributed by atoms with Crippen LogP contribution in [0.25, 0.3) is 0 Å². The lowest BCUT2D eigenvalue weighted by Gasteiger charge is -2.21. The predicted octanol–water partition coefficient (Wildman–Crippen LogP) is 2.04. The molecule has 2 rings (SSSR count). The number of aryl methyl sites for hydroxylation is 1. The van der Waals surface area contributed by atoms with E-state index in [1.807, 2.05) is 6.07 Å². The second kappa shape index (κ2) is 5.52. The van der Waals surface area contributed by atoms with Gasteiger partial charge in [-0.25, -0.2) is 0 Å². The van der Waals surface area contributed by atoms with Crippen molar-refractivity contribution in [3.8, 4) is 5.75 Å². The third-order valence-corrected chi connectivity index (χ3v) is 3.58. The minimum Gasteiger partial charge on any atom is -0.497 e. The Kier molecular flexibility index (Phi) is 4.02. The minimum absolute atomic E-state index is 0.192. The van der Waals surface area contributed by atoms with Crippen molar-refractivity contribution < 1.29 is 9.84 Å². The number of ether oxygens (including phenoxy) is 1. The first kappa shape index (κ1) is 12.4. The van der Waals surface area contributed by atoms with E-state index >= 15 is 0 Å². The molecule has 1 unspecified atom stereocenters. The van der Waals surface area contributed by atoms with Gasteiger partial charge in [-0.1, -0.05) is 13.0 Å². The van der Waals surface area contributed by atoms with Crippen LogP contribution >= 0.6 is 0 Å². The highest BCUT2D eigenvalue weighted by atomic mass is 16.5. The number of aliphatic hydroxyl groups is 1. The van der Waals surface area contributed by atoms with E-state index in [1.165, 1.54) is 11.1 Å². The molecule has 2 N–H and O–H groups in total. The fraction of sp³-hybridized carbons (Fsp3) is 0.571. The van der Waals surface area contributed by atoms with E-state index in [-0.39, 0.29) is 12.6 Å². The summed E-state index contributed by atoms with van der Waals surface area (Å²) in [7, 11) is 1.70. The molecule has 0 aromatic heterocycles. The number of aliphatic hydroxyl groups excluding tert-OH is 1. The summed E-state index contributed by atoms with van der Waals surface area (Å²) in [5.74, 6) is 0.912. The van der Waals surface area contributed by atoms with Crippen molar-refractivity contribution >= 4 is 0 Å². The third kappa shape index (κ3) is 2.61. The number of rotatable bonds is 5. The van der Waals surface area contributed by atoms with Gasteiger partial charge < -0.3 is 15.2 Å². The zero-order valence-electron chi connectivity index (χ0n) is 10.6. The Hall–Kier alpha value is -1.06. The number of benzene rings is 1. The molecule has 3 nitrogen and oxygen atoms in total. The summed E-state index contributed by atoms with van der Waals surface area (Å²) in [6, 6.07) is 6.83. The van der Waals surface area contributed by atoms with Crippen LogP contribution in [-0.2, 0) is 6.42 Å². The maximum Gasteiger partial charge on any atom is 0.119 e. The Labute approximate surface area is 103 Å². The summed E-state index contributed by atoms with van der Waals surface area (Å²) < 4.78 is 5.27. The molecule has 0 aliphatic heterocycles. The molecule has 0 spiro atoms. The average Bonchev–Trinajstić information content (AvgIpc) is 2.78. The number of hydrogen-bond acceptors (Lipinski definition) is 3. The van der Waals surface area contributed by atoms with E-state index in [0.29, 0.717) is 6.04 Å². The second-order valence-corrected chi connectivity index (χ2v) is 4.61. The Morgan fingerprint density at radius 3 is 3.00 bits per heavy atom. The standard InChI is InChI=1S/C14H21NO2/c1-3-11(9-16)15-14-7-5-10-4-6-12(17-2)8-13(10)14/h4,6,8,11,14-16H,3,5,7,9H2,1-2H3/t11-,14?/m1/s1. The van der Waals surface area contributed by atoms with E-state index in [1.54, 1.807) is 7.11 Å². The van der Waals surface area contributed by atoms with Crippen molar-refractivity contribution in [3.63, 3.8) is 0 Å². The molecule has 0 radical (unpaired) electrons. The van der Waals surface area contributed by atoms with Gasteiger partial charge in [-0.05, 0) is 42.5 Å². The van der Waals surface area contributed by atoms with Gasteiger partial charge in [0.25, 0.3) is 0 Å². The van der Waals surface area contributed by atoms with Crippen molar-refractivity contribution in [1.82, 2.24) is 5.32 Å². The molecule has 94 valence electrons. The molecular formula is C14H21NO2. The van der Waals surface area contributed by atoms with Crippen molar-refractivity contribution in [1.29, 1.82) is 0 Å². The van der Waals surface area contributed by atoms with Crippen molar-refractivity contribution in [2.45, 2.75) is 38.3 Å². The molecule has 3 heteroatoms. The fourth-order valence-electron chi connectivity index (χ4n) is 2.46. The van der Waals surface area contributed by atoms with Gasteiger partial charge in [-0.3, -0.25) is 0 Å². The van der Waals surface area contributed by atoms with Crippen LogP contribution in [-0.4, -0.2) is 24.9 Å². The van der Waals surface area contributed by atoms with Crippen LogP contribution in [0.2, 0.25) is 0 Å². The van der Waals surface area contributed by atoms with Gasteiger partial charge in [-0.2, -0.15) is 0 Å². The summed E-state index contributed by atoms with van der Waals surface area (Å²) in [5.41, 5.74) is 2.73. The number of nitrogens with one attached hydrogen (secondary N) is 1. The maximum atomic E-state index is 9.25. The lowest BCUT2D eigenvalue weighted by Crippen LogP contribution is -2.34. The summed E-state index contributed by atoms with van der Waals surface area (Å²) in [5, 5.41) is 12.8. The molecule has 0 amide bonds. The molecule has 0 heterocycles. The van der Waals surface area contributed by atoms with Crippen LogP contribution in [0.3, 0.4) is 0 Å². The Morgan fingerprint density at radius 1 is 1.53 bits per heavy atom. The topological polar surface area (TPSA) is 41.5 Å². The molecule has 1 aromatic rings. The average molecular weight is 235 g/mol. The largest absolute Gasteiger partial charge is 0.497 e. The van der Waals surface area contributed by atoms with Crippen LogP contribution in [0.15, 0.2) is 18.2 Å². The minimum atomic E-state index is 0.192. The molecule has 0 bridgehead atoms. The molecular weight excluding hydrogens is 214 g/mol. The van der Waals surface area contributed by atoms with Gasteiger partial charge in [0.2, 0.25) is 0 Å². The molecule has 1 aromatic carbocycles. The van der Waals surface area contributed by atoms with Gasteiger partial charge in [0, 0.05) is 12.1 Å². The quantitative estimate of drug-likeness (QED) is 0.820. The smallest absolute Gasteiger partial charge is 0.119 e. The maximum absolute atomic E-state index is 9.25. The summed E-state index contributed by atoms with van der Waals surface area (Å²) in [6.07, 6.45) is 3.17. The van der Waals surface area contributed by atoms with Gasteiger partial charge in [0.1, 0.15) is 5.75 Å². The highest BCUT2D eigenvalue weighted by Gasteiger charge is 2.24. The number of hydrogen-bond donors (Lipinski definition) is 2. The van der Waals surface area contributed by atoms with Crippen LogP contribution < -0.4 is 10.1 Å². The van der Waals surface area contributed by atoms with Crippen molar-refractivity contribution in [2.24, 2.45) is 0 Å². The zero-order valence-corrected chi connectivity index (χ0v) is 10.6. The first-order valence-electron chi connectivity index (χ1n) is 6.32. The Morgan fingerprint density at radius 2 is 2.35 bits per heavy atom. The van der Waals surface area contributed by atoms with Gasteiger partial charge >= 0.3 is 0 Å². The predicted molar refractivity (Wildman–Crippen MR) is 68.4 cm³/mol. The SMILES string of the molecule is CC[C@H](CO)NC1CCc2ccc(OC)cc21. The zero-order chi connectivity index (χ0) is 12.3. The Bertz CT molecular complexity index is 374. The molecule has 17 heavy (non-hydrogen) atoms. The monoisotopic (exact) mass is 235 g/mol. The first-order chi connectivity index (χ1) is 8.28. The fourth-order valence-corrected chi connectivity index (χ4v) is 2.46. The van der Waals surface area contributed by atoms with E-state index in [4.69, 9.17) is 4.74 Å². The lowest BCUT2D eigenvalue weighted by molar-refractivity contribution is 0.227. The van der Waals surface area contributed by atoms with E-state index in [2.05, 4.69) is 24.4 Å². The van der Waals surface area contributed by atoms with Crippen molar-refractivity contribution in [3.05, 3.63) is 29.3 Å². The first-order valence-corrected chi connectivity index (χ1v) is 6.32. The molecule has 2 atom stereocenters. The van der Waals surface area contributed by atoms with Gasteiger partial charge in [0.15, 0.2) is 0 Å². The summed E-state index contributed by atoms with van der Waals surface area (Å²) in [4.78, 5) is 0. The number of fused-ring (bicyclic) bond motifs is 1.